The Hall–Kier alpha value is -2.33. The molecule has 0 radical (unpaired) electrons. The van der Waals surface area contributed by atoms with Crippen molar-refractivity contribution >= 4 is 23.4 Å². The lowest BCUT2D eigenvalue weighted by atomic mass is 10.1. The van der Waals surface area contributed by atoms with Gasteiger partial charge in [-0.25, -0.2) is 0 Å². The van der Waals surface area contributed by atoms with Crippen LogP contribution in [0.25, 0.3) is 0 Å². The van der Waals surface area contributed by atoms with E-state index in [9.17, 15) is 9.59 Å². The molecule has 0 fully saturated rings. The van der Waals surface area contributed by atoms with Crippen molar-refractivity contribution in [1.82, 2.24) is 10.2 Å². The quantitative estimate of drug-likeness (QED) is 0.818. The van der Waals surface area contributed by atoms with Crippen LogP contribution in [0.15, 0.2) is 54.6 Å². The van der Waals surface area contributed by atoms with Gasteiger partial charge in [0.05, 0.1) is 0 Å². The molecule has 0 saturated heterocycles. The van der Waals surface area contributed by atoms with E-state index in [-0.39, 0.29) is 11.8 Å². The van der Waals surface area contributed by atoms with E-state index in [0.29, 0.717) is 24.5 Å². The van der Waals surface area contributed by atoms with Crippen LogP contribution >= 0.6 is 11.6 Å². The molecule has 0 aliphatic rings. The Morgan fingerprint density at radius 3 is 2.36 bits per heavy atom. The highest BCUT2D eigenvalue weighted by atomic mass is 35.5. The minimum Gasteiger partial charge on any atom is -0.350 e. The molecule has 0 saturated carbocycles. The highest BCUT2D eigenvalue weighted by Crippen LogP contribution is 2.15. The molecule has 5 heteroatoms. The number of carbonyl (C=O) groups is 2. The second-order valence-corrected chi connectivity index (χ2v) is 6.25. The molecule has 2 amide bonds. The lowest BCUT2D eigenvalue weighted by Crippen LogP contribution is -2.47. The fraction of sp³-hybridized carbons (Fsp3) is 0.300. The first-order chi connectivity index (χ1) is 12.0. The number of hydrogen-bond acceptors (Lipinski definition) is 2. The Morgan fingerprint density at radius 2 is 1.72 bits per heavy atom. The number of amides is 2. The predicted molar refractivity (Wildman–Crippen MR) is 100 cm³/mol. The van der Waals surface area contributed by atoms with E-state index in [1.807, 2.05) is 48.5 Å². The summed E-state index contributed by atoms with van der Waals surface area (Å²) in [6, 6.07) is 16.5. The Kier molecular flexibility index (Phi) is 7.02. The van der Waals surface area contributed by atoms with Gasteiger partial charge in [0.25, 0.3) is 0 Å². The van der Waals surface area contributed by atoms with Crippen LogP contribution in [0.4, 0.5) is 0 Å². The molecular formula is C20H23ClN2O2. The summed E-state index contributed by atoms with van der Waals surface area (Å²) in [5, 5.41) is 3.48. The van der Waals surface area contributed by atoms with Gasteiger partial charge in [0.2, 0.25) is 11.8 Å². The molecule has 0 spiro atoms. The average molecular weight is 359 g/mol. The maximum absolute atomic E-state index is 12.5. The van der Waals surface area contributed by atoms with Gasteiger partial charge >= 0.3 is 0 Å². The minimum absolute atomic E-state index is 0.0516. The first-order valence-electron chi connectivity index (χ1n) is 8.37. The summed E-state index contributed by atoms with van der Waals surface area (Å²) in [5.41, 5.74) is 1.84. The van der Waals surface area contributed by atoms with Crippen molar-refractivity contribution in [3.8, 4) is 0 Å². The first-order valence-corrected chi connectivity index (χ1v) is 8.75. The van der Waals surface area contributed by atoms with Gasteiger partial charge in [0, 0.05) is 24.5 Å². The highest BCUT2D eigenvalue weighted by Gasteiger charge is 2.24. The second kappa shape index (κ2) is 9.23. The van der Waals surface area contributed by atoms with E-state index in [1.165, 1.54) is 0 Å². The molecule has 1 N–H and O–H groups in total. The maximum atomic E-state index is 12.5. The third-order valence-corrected chi connectivity index (χ3v) is 4.45. The van der Waals surface area contributed by atoms with E-state index >= 15 is 0 Å². The standard InChI is InChI=1S/C20H23ClN2O2/c1-3-19(24)23(14-16-9-5-4-6-10-16)15(2)20(25)22-13-17-11-7-8-12-18(17)21/h4-12,15H,3,13-14H2,1-2H3,(H,22,25)/t15-/m0/s1. The fourth-order valence-electron chi connectivity index (χ4n) is 2.54. The zero-order chi connectivity index (χ0) is 18.2. The third kappa shape index (κ3) is 5.33. The lowest BCUT2D eigenvalue weighted by Gasteiger charge is -2.28. The highest BCUT2D eigenvalue weighted by molar-refractivity contribution is 6.31. The van der Waals surface area contributed by atoms with Crippen LogP contribution < -0.4 is 5.32 Å². The molecule has 0 heterocycles. The number of benzene rings is 2. The molecule has 0 aliphatic carbocycles. The van der Waals surface area contributed by atoms with Crippen molar-refractivity contribution in [2.24, 2.45) is 0 Å². The van der Waals surface area contributed by atoms with Crippen molar-refractivity contribution < 1.29 is 9.59 Å². The summed E-state index contributed by atoms with van der Waals surface area (Å²) < 4.78 is 0. The van der Waals surface area contributed by atoms with Gasteiger partial charge in [-0.05, 0) is 24.1 Å². The van der Waals surface area contributed by atoms with Gasteiger partial charge in [-0.1, -0.05) is 67.1 Å². The maximum Gasteiger partial charge on any atom is 0.242 e. The van der Waals surface area contributed by atoms with E-state index in [1.54, 1.807) is 24.8 Å². The SMILES string of the molecule is CCC(=O)N(Cc1ccccc1)[C@@H](C)C(=O)NCc1ccccc1Cl. The van der Waals surface area contributed by atoms with Gasteiger partial charge in [0.1, 0.15) is 6.04 Å². The van der Waals surface area contributed by atoms with Crippen LogP contribution in [0.5, 0.6) is 0 Å². The second-order valence-electron chi connectivity index (χ2n) is 5.85. The van der Waals surface area contributed by atoms with Gasteiger partial charge in [-0.2, -0.15) is 0 Å². The molecule has 0 aromatic heterocycles. The number of rotatable bonds is 7. The van der Waals surface area contributed by atoms with E-state index < -0.39 is 6.04 Å². The van der Waals surface area contributed by atoms with Crippen LogP contribution in [0.2, 0.25) is 5.02 Å². The van der Waals surface area contributed by atoms with Gasteiger partial charge in [-0.15, -0.1) is 0 Å². The van der Waals surface area contributed by atoms with Crippen molar-refractivity contribution in [3.63, 3.8) is 0 Å². The smallest absolute Gasteiger partial charge is 0.242 e. The molecule has 2 aromatic rings. The Labute approximate surface area is 153 Å². The molecule has 132 valence electrons. The molecule has 25 heavy (non-hydrogen) atoms. The number of nitrogens with zero attached hydrogens (tertiary/aromatic N) is 1. The molecule has 2 aromatic carbocycles. The summed E-state index contributed by atoms with van der Waals surface area (Å²) in [4.78, 5) is 26.5. The summed E-state index contributed by atoms with van der Waals surface area (Å²) in [6.45, 7) is 4.30. The number of nitrogens with one attached hydrogen (secondary N) is 1. The third-order valence-electron chi connectivity index (χ3n) is 4.08. The summed E-state index contributed by atoms with van der Waals surface area (Å²) in [7, 11) is 0. The zero-order valence-electron chi connectivity index (χ0n) is 14.5. The van der Waals surface area contributed by atoms with Gasteiger partial charge in [-0.3, -0.25) is 9.59 Å². The summed E-state index contributed by atoms with van der Waals surface area (Å²) in [5.74, 6) is -0.248. The van der Waals surface area contributed by atoms with Crippen LogP contribution in [0.3, 0.4) is 0 Å². The topological polar surface area (TPSA) is 49.4 Å². The largest absolute Gasteiger partial charge is 0.350 e. The first kappa shape index (κ1) is 19.0. The summed E-state index contributed by atoms with van der Waals surface area (Å²) >= 11 is 6.11. The van der Waals surface area contributed by atoms with Crippen molar-refractivity contribution in [3.05, 3.63) is 70.7 Å². The predicted octanol–water partition coefficient (Wildman–Crippen LogP) is 3.78. The molecule has 0 bridgehead atoms. The van der Waals surface area contributed by atoms with Crippen LogP contribution in [-0.2, 0) is 22.7 Å². The molecule has 2 rings (SSSR count). The van der Waals surface area contributed by atoms with E-state index in [0.717, 1.165) is 11.1 Å². The number of carbonyl (C=O) groups excluding carboxylic acids is 2. The zero-order valence-corrected chi connectivity index (χ0v) is 15.3. The van der Waals surface area contributed by atoms with Crippen molar-refractivity contribution in [2.45, 2.75) is 39.4 Å². The Bertz CT molecular complexity index is 719. The number of hydrogen-bond donors (Lipinski definition) is 1. The van der Waals surface area contributed by atoms with Crippen LogP contribution in [-0.4, -0.2) is 22.8 Å². The lowest BCUT2D eigenvalue weighted by molar-refractivity contribution is -0.140. The normalized spacial score (nSPS) is 11.6. The van der Waals surface area contributed by atoms with Crippen molar-refractivity contribution in [2.75, 3.05) is 0 Å². The van der Waals surface area contributed by atoms with Crippen molar-refractivity contribution in [1.29, 1.82) is 0 Å². The molecule has 4 nitrogen and oxygen atoms in total. The number of halogens is 1. The monoisotopic (exact) mass is 358 g/mol. The van der Waals surface area contributed by atoms with Gasteiger partial charge < -0.3 is 10.2 Å². The average Bonchev–Trinajstić information content (AvgIpc) is 2.65. The van der Waals surface area contributed by atoms with E-state index in [2.05, 4.69) is 5.32 Å². The molecule has 0 aliphatic heterocycles. The Balaban J connectivity index is 2.04. The van der Waals surface area contributed by atoms with E-state index in [4.69, 9.17) is 11.6 Å². The minimum atomic E-state index is -0.560. The van der Waals surface area contributed by atoms with Gasteiger partial charge in [0.15, 0.2) is 0 Å². The fourth-order valence-corrected chi connectivity index (χ4v) is 2.74. The molecule has 1 atom stereocenters. The molecule has 0 unspecified atom stereocenters. The molecular weight excluding hydrogens is 336 g/mol. The van der Waals surface area contributed by atoms with Crippen LogP contribution in [0, 0.1) is 0 Å². The summed E-state index contributed by atoms with van der Waals surface area (Å²) in [6.07, 6.45) is 0.356. The Morgan fingerprint density at radius 1 is 1.08 bits per heavy atom. The van der Waals surface area contributed by atoms with Crippen LogP contribution in [0.1, 0.15) is 31.4 Å².